The van der Waals surface area contributed by atoms with Gasteiger partial charge in [0.05, 0.1) is 0 Å². The fourth-order valence-electron chi connectivity index (χ4n) is 2.27. The van der Waals surface area contributed by atoms with Gasteiger partial charge in [0.2, 0.25) is 0 Å². The lowest BCUT2D eigenvalue weighted by Crippen LogP contribution is -2.07. The third-order valence-corrected chi connectivity index (χ3v) is 3.07. The quantitative estimate of drug-likeness (QED) is 0.681. The summed E-state index contributed by atoms with van der Waals surface area (Å²) in [6.07, 6.45) is 11.3. The molecule has 0 fully saturated rings. The van der Waals surface area contributed by atoms with Crippen LogP contribution in [0.1, 0.15) is 30.5 Å². The Labute approximate surface area is 94.4 Å². The van der Waals surface area contributed by atoms with Gasteiger partial charge in [-0.05, 0) is 31.7 Å². The maximum atomic E-state index is 4.40. The van der Waals surface area contributed by atoms with E-state index in [0.717, 1.165) is 18.7 Å². The Hall–Kier alpha value is -1.71. The van der Waals surface area contributed by atoms with Crippen molar-refractivity contribution in [3.63, 3.8) is 0 Å². The maximum Gasteiger partial charge on any atom is 0.160 e. The van der Waals surface area contributed by atoms with E-state index < -0.39 is 0 Å². The largest absolute Gasteiger partial charge is 0.241 e. The minimum absolute atomic E-state index is 0.955. The maximum absolute atomic E-state index is 4.40. The number of hydrogen-bond acceptors (Lipinski definition) is 3. The Balaban J connectivity index is 2.12. The van der Waals surface area contributed by atoms with Crippen molar-refractivity contribution >= 4 is 0 Å². The lowest BCUT2D eigenvalue weighted by molar-refractivity contribution is 0.707. The van der Waals surface area contributed by atoms with Gasteiger partial charge in [0.15, 0.2) is 5.82 Å². The van der Waals surface area contributed by atoms with Crippen molar-refractivity contribution in [3.8, 4) is 5.82 Å². The molecule has 0 aliphatic heterocycles. The second-order valence-electron chi connectivity index (χ2n) is 4.13. The lowest BCUT2D eigenvalue weighted by Gasteiger charge is -2.09. The van der Waals surface area contributed by atoms with E-state index in [0.29, 0.717) is 0 Å². The van der Waals surface area contributed by atoms with Crippen molar-refractivity contribution < 1.29 is 0 Å². The van der Waals surface area contributed by atoms with Gasteiger partial charge in [-0.25, -0.2) is 14.6 Å². The van der Waals surface area contributed by atoms with Crippen LogP contribution in [0, 0.1) is 0 Å². The zero-order valence-electron chi connectivity index (χ0n) is 9.13. The van der Waals surface area contributed by atoms with Crippen LogP contribution in [0.25, 0.3) is 5.82 Å². The molecule has 4 heteroatoms. The number of hydrogen-bond donors (Lipinski definition) is 0. The number of nitrogens with zero attached hydrogens (tertiary/aromatic N) is 4. The minimum atomic E-state index is 0.955. The van der Waals surface area contributed by atoms with E-state index in [1.54, 1.807) is 12.5 Å². The van der Waals surface area contributed by atoms with Crippen LogP contribution < -0.4 is 0 Å². The zero-order valence-corrected chi connectivity index (χ0v) is 9.13. The highest BCUT2D eigenvalue weighted by atomic mass is 15.3. The monoisotopic (exact) mass is 214 g/mol. The van der Waals surface area contributed by atoms with E-state index in [9.17, 15) is 0 Å². The SMILES string of the molecule is c1cnn(-c2ncnc3c2CCCCC3)c1. The van der Waals surface area contributed by atoms with Crippen LogP contribution in [-0.2, 0) is 12.8 Å². The minimum Gasteiger partial charge on any atom is -0.241 e. The van der Waals surface area contributed by atoms with Crippen molar-refractivity contribution in [2.45, 2.75) is 32.1 Å². The van der Waals surface area contributed by atoms with Gasteiger partial charge in [-0.2, -0.15) is 5.10 Å². The van der Waals surface area contributed by atoms with Crippen molar-refractivity contribution in [1.29, 1.82) is 0 Å². The summed E-state index contributed by atoms with van der Waals surface area (Å²) in [5, 5.41) is 4.25. The molecule has 0 amide bonds. The molecule has 0 unspecified atom stereocenters. The summed E-state index contributed by atoms with van der Waals surface area (Å²) >= 11 is 0. The normalized spacial score (nSPS) is 15.5. The van der Waals surface area contributed by atoms with Gasteiger partial charge in [0.1, 0.15) is 6.33 Å². The first-order valence-electron chi connectivity index (χ1n) is 5.78. The van der Waals surface area contributed by atoms with E-state index >= 15 is 0 Å². The summed E-state index contributed by atoms with van der Waals surface area (Å²) in [6.45, 7) is 0. The van der Waals surface area contributed by atoms with Crippen LogP contribution in [-0.4, -0.2) is 19.7 Å². The van der Waals surface area contributed by atoms with Crippen LogP contribution in [0.3, 0.4) is 0 Å². The zero-order chi connectivity index (χ0) is 10.8. The molecule has 0 bridgehead atoms. The van der Waals surface area contributed by atoms with Gasteiger partial charge >= 0.3 is 0 Å². The van der Waals surface area contributed by atoms with Gasteiger partial charge < -0.3 is 0 Å². The summed E-state index contributed by atoms with van der Waals surface area (Å²) in [5.74, 6) is 0.955. The molecule has 3 rings (SSSR count). The average Bonchev–Trinajstić information content (AvgIpc) is 2.73. The molecule has 0 saturated heterocycles. The molecule has 0 N–H and O–H groups in total. The summed E-state index contributed by atoms with van der Waals surface area (Å²) in [5.41, 5.74) is 2.49. The molecule has 4 nitrogen and oxygen atoms in total. The van der Waals surface area contributed by atoms with E-state index in [1.807, 2.05) is 16.9 Å². The first-order valence-corrected chi connectivity index (χ1v) is 5.78. The first-order chi connectivity index (χ1) is 7.95. The number of aromatic nitrogens is 4. The third kappa shape index (κ3) is 1.60. The van der Waals surface area contributed by atoms with Crippen LogP contribution >= 0.6 is 0 Å². The second-order valence-corrected chi connectivity index (χ2v) is 4.13. The summed E-state index contributed by atoms with van der Waals surface area (Å²) in [6, 6.07) is 1.92. The van der Waals surface area contributed by atoms with Crippen LogP contribution in [0.5, 0.6) is 0 Å². The molecular formula is C12H14N4. The Kier molecular flexibility index (Phi) is 2.40. The molecular weight excluding hydrogens is 200 g/mol. The molecule has 82 valence electrons. The lowest BCUT2D eigenvalue weighted by atomic mass is 10.1. The average molecular weight is 214 g/mol. The fourth-order valence-corrected chi connectivity index (χ4v) is 2.27. The Morgan fingerprint density at radius 2 is 2.00 bits per heavy atom. The van der Waals surface area contributed by atoms with Gasteiger partial charge in [-0.1, -0.05) is 6.42 Å². The molecule has 2 aromatic rings. The second kappa shape index (κ2) is 4.04. The molecule has 2 aromatic heterocycles. The Morgan fingerprint density at radius 3 is 2.88 bits per heavy atom. The standard InChI is InChI=1S/C12H14N4/c1-2-5-10-11(6-3-1)13-9-14-12(10)16-8-4-7-15-16/h4,7-9H,1-3,5-6H2. The summed E-state index contributed by atoms with van der Waals surface area (Å²) < 4.78 is 1.84. The molecule has 0 radical (unpaired) electrons. The highest BCUT2D eigenvalue weighted by molar-refractivity contribution is 5.36. The van der Waals surface area contributed by atoms with Gasteiger partial charge in [-0.15, -0.1) is 0 Å². The van der Waals surface area contributed by atoms with Crippen LogP contribution in [0.4, 0.5) is 0 Å². The van der Waals surface area contributed by atoms with Gasteiger partial charge in [0.25, 0.3) is 0 Å². The number of aryl methyl sites for hydroxylation is 1. The molecule has 0 saturated carbocycles. The summed E-state index contributed by atoms with van der Waals surface area (Å²) in [4.78, 5) is 8.76. The van der Waals surface area contributed by atoms with E-state index in [4.69, 9.17) is 0 Å². The van der Waals surface area contributed by atoms with Crippen LogP contribution in [0.15, 0.2) is 24.8 Å². The number of fused-ring (bicyclic) bond motifs is 1. The molecule has 0 aromatic carbocycles. The molecule has 2 heterocycles. The molecule has 1 aliphatic rings. The predicted octanol–water partition coefficient (Wildman–Crippen LogP) is 1.93. The smallest absolute Gasteiger partial charge is 0.160 e. The molecule has 16 heavy (non-hydrogen) atoms. The molecule has 1 aliphatic carbocycles. The Morgan fingerprint density at radius 1 is 1.06 bits per heavy atom. The van der Waals surface area contributed by atoms with Crippen molar-refractivity contribution in [2.75, 3.05) is 0 Å². The van der Waals surface area contributed by atoms with Crippen LogP contribution in [0.2, 0.25) is 0 Å². The molecule has 0 atom stereocenters. The van der Waals surface area contributed by atoms with Gasteiger partial charge in [0, 0.05) is 23.7 Å². The highest BCUT2D eigenvalue weighted by Gasteiger charge is 2.15. The van der Waals surface area contributed by atoms with E-state index in [1.165, 1.54) is 30.5 Å². The molecule has 0 spiro atoms. The Bertz CT molecular complexity index is 476. The van der Waals surface area contributed by atoms with E-state index in [-0.39, 0.29) is 0 Å². The third-order valence-electron chi connectivity index (χ3n) is 3.07. The van der Waals surface area contributed by atoms with Crippen molar-refractivity contribution in [3.05, 3.63) is 36.0 Å². The van der Waals surface area contributed by atoms with Gasteiger partial charge in [-0.3, -0.25) is 0 Å². The number of rotatable bonds is 1. The predicted molar refractivity (Wildman–Crippen MR) is 60.4 cm³/mol. The van der Waals surface area contributed by atoms with E-state index in [2.05, 4.69) is 15.1 Å². The highest BCUT2D eigenvalue weighted by Crippen LogP contribution is 2.22. The topological polar surface area (TPSA) is 43.6 Å². The summed E-state index contributed by atoms with van der Waals surface area (Å²) in [7, 11) is 0. The van der Waals surface area contributed by atoms with Crippen molar-refractivity contribution in [2.24, 2.45) is 0 Å². The van der Waals surface area contributed by atoms with Crippen molar-refractivity contribution in [1.82, 2.24) is 19.7 Å². The fraction of sp³-hybridized carbons (Fsp3) is 0.417. The first kappa shape index (κ1) is 9.51.